The summed E-state index contributed by atoms with van der Waals surface area (Å²) in [6.45, 7) is 2.11. The average Bonchev–Trinajstić information content (AvgIpc) is 2.43. The topological polar surface area (TPSA) is 12.0 Å². The Morgan fingerprint density at radius 3 is 2.65 bits per heavy atom. The van der Waals surface area contributed by atoms with E-state index in [-0.39, 0.29) is 5.82 Å². The van der Waals surface area contributed by atoms with Gasteiger partial charge in [-0.15, -0.1) is 11.8 Å². The fourth-order valence-electron chi connectivity index (χ4n) is 2.12. The molecule has 1 N–H and O–H groups in total. The van der Waals surface area contributed by atoms with E-state index >= 15 is 0 Å². The van der Waals surface area contributed by atoms with Gasteiger partial charge in [0, 0.05) is 16.7 Å². The molecular weight excluding hydrogens is 269 g/mol. The van der Waals surface area contributed by atoms with Crippen molar-refractivity contribution in [1.82, 2.24) is 5.32 Å². The Labute approximate surface area is 124 Å². The Morgan fingerprint density at radius 2 is 1.95 bits per heavy atom. The normalized spacial score (nSPS) is 12.3. The zero-order valence-electron chi connectivity index (χ0n) is 11.9. The Morgan fingerprint density at radius 1 is 1.15 bits per heavy atom. The molecule has 0 saturated carbocycles. The van der Waals surface area contributed by atoms with E-state index in [0.717, 1.165) is 17.1 Å². The van der Waals surface area contributed by atoms with Crippen molar-refractivity contribution in [2.75, 3.05) is 12.8 Å². The molecule has 0 heterocycles. The summed E-state index contributed by atoms with van der Waals surface area (Å²) < 4.78 is 13.1. The third kappa shape index (κ3) is 4.66. The maximum atomic E-state index is 13.1. The number of benzene rings is 2. The van der Waals surface area contributed by atoms with Crippen molar-refractivity contribution in [3.05, 3.63) is 65.5 Å². The van der Waals surface area contributed by atoms with Crippen LogP contribution in [-0.2, 0) is 6.42 Å². The minimum Gasteiger partial charge on any atom is -0.316 e. The molecule has 106 valence electrons. The van der Waals surface area contributed by atoms with Crippen molar-refractivity contribution in [2.45, 2.75) is 24.3 Å². The highest BCUT2D eigenvalue weighted by Gasteiger charge is 2.08. The summed E-state index contributed by atoms with van der Waals surface area (Å²) in [5.74, 6) is 0.753. The molecule has 0 spiro atoms. The lowest BCUT2D eigenvalue weighted by Crippen LogP contribution is -2.30. The van der Waals surface area contributed by atoms with Gasteiger partial charge in [0.25, 0.3) is 0 Å². The average molecular weight is 289 g/mol. The number of halogens is 1. The molecule has 3 heteroatoms. The number of hydrogen-bond acceptors (Lipinski definition) is 2. The van der Waals surface area contributed by atoms with Crippen molar-refractivity contribution >= 4 is 11.8 Å². The van der Waals surface area contributed by atoms with Gasteiger partial charge in [0.2, 0.25) is 0 Å². The zero-order valence-corrected chi connectivity index (χ0v) is 12.7. The van der Waals surface area contributed by atoms with E-state index < -0.39 is 0 Å². The van der Waals surface area contributed by atoms with Gasteiger partial charge < -0.3 is 5.32 Å². The van der Waals surface area contributed by atoms with Crippen molar-refractivity contribution in [3.8, 4) is 0 Å². The molecule has 0 aromatic heterocycles. The summed E-state index contributed by atoms with van der Waals surface area (Å²) in [4.78, 5) is 0.981. The molecule has 0 aliphatic heterocycles. The van der Waals surface area contributed by atoms with Gasteiger partial charge in [0.15, 0.2) is 0 Å². The lowest BCUT2D eigenvalue weighted by molar-refractivity contribution is 0.615. The van der Waals surface area contributed by atoms with Crippen LogP contribution in [0.2, 0.25) is 0 Å². The number of thioether (sulfide) groups is 1. The molecule has 0 bridgehead atoms. The number of nitrogens with one attached hydrogen (secondary N) is 1. The third-order valence-electron chi connectivity index (χ3n) is 3.22. The Hall–Kier alpha value is -1.32. The second kappa shape index (κ2) is 7.46. The van der Waals surface area contributed by atoms with Gasteiger partial charge in [-0.2, -0.15) is 0 Å². The van der Waals surface area contributed by atoms with Crippen LogP contribution < -0.4 is 5.32 Å². The largest absolute Gasteiger partial charge is 0.316 e. The Kier molecular flexibility index (Phi) is 5.62. The van der Waals surface area contributed by atoms with Gasteiger partial charge in [-0.05, 0) is 44.2 Å². The third-order valence-corrected chi connectivity index (χ3v) is 4.38. The standard InChI is InChI=1S/C17H20FNS/c1-13-5-3-6-14(9-13)10-16(19-2)12-20-17-8-4-7-15(18)11-17/h3-9,11,16,19H,10,12H2,1-2H3. The van der Waals surface area contributed by atoms with Crippen molar-refractivity contribution in [3.63, 3.8) is 0 Å². The first-order chi connectivity index (χ1) is 9.67. The molecule has 0 aliphatic carbocycles. The van der Waals surface area contributed by atoms with Crippen LogP contribution in [0.15, 0.2) is 53.4 Å². The molecule has 1 unspecified atom stereocenters. The number of aryl methyl sites for hydroxylation is 1. The predicted molar refractivity (Wildman–Crippen MR) is 84.9 cm³/mol. The fraction of sp³-hybridized carbons (Fsp3) is 0.294. The van der Waals surface area contributed by atoms with Gasteiger partial charge >= 0.3 is 0 Å². The summed E-state index contributed by atoms with van der Waals surface area (Å²) in [5, 5.41) is 3.34. The van der Waals surface area contributed by atoms with E-state index in [1.54, 1.807) is 23.9 Å². The number of rotatable bonds is 6. The lowest BCUT2D eigenvalue weighted by Gasteiger charge is -2.16. The van der Waals surface area contributed by atoms with Gasteiger partial charge in [-0.1, -0.05) is 35.9 Å². The minimum absolute atomic E-state index is 0.172. The molecule has 0 amide bonds. The number of hydrogen-bond donors (Lipinski definition) is 1. The summed E-state index contributed by atoms with van der Waals surface area (Å²) in [6.07, 6.45) is 0.987. The highest BCUT2D eigenvalue weighted by atomic mass is 32.2. The van der Waals surface area contributed by atoms with Crippen LogP contribution in [0, 0.1) is 12.7 Å². The summed E-state index contributed by atoms with van der Waals surface area (Å²) in [5.41, 5.74) is 2.62. The molecule has 2 aromatic carbocycles. The van der Waals surface area contributed by atoms with E-state index in [2.05, 4.69) is 36.5 Å². The van der Waals surface area contributed by atoms with Crippen LogP contribution in [0.25, 0.3) is 0 Å². The summed E-state index contributed by atoms with van der Waals surface area (Å²) >= 11 is 1.69. The minimum atomic E-state index is -0.172. The zero-order chi connectivity index (χ0) is 14.4. The van der Waals surface area contributed by atoms with E-state index in [1.165, 1.54) is 17.2 Å². The van der Waals surface area contributed by atoms with Crippen molar-refractivity contribution < 1.29 is 4.39 Å². The van der Waals surface area contributed by atoms with Gasteiger partial charge in [0.1, 0.15) is 5.82 Å². The van der Waals surface area contributed by atoms with Crippen LogP contribution in [0.4, 0.5) is 4.39 Å². The first-order valence-corrected chi connectivity index (χ1v) is 7.77. The highest BCUT2D eigenvalue weighted by molar-refractivity contribution is 7.99. The quantitative estimate of drug-likeness (QED) is 0.805. The van der Waals surface area contributed by atoms with E-state index in [4.69, 9.17) is 0 Å². The molecule has 0 fully saturated rings. The van der Waals surface area contributed by atoms with Crippen LogP contribution in [0.1, 0.15) is 11.1 Å². The highest BCUT2D eigenvalue weighted by Crippen LogP contribution is 2.20. The molecule has 0 saturated heterocycles. The predicted octanol–water partition coefficient (Wildman–Crippen LogP) is 4.06. The van der Waals surface area contributed by atoms with Crippen molar-refractivity contribution in [1.29, 1.82) is 0 Å². The van der Waals surface area contributed by atoms with Gasteiger partial charge in [-0.25, -0.2) is 4.39 Å². The number of likely N-dealkylation sites (N-methyl/N-ethyl adjacent to an activating group) is 1. The maximum absolute atomic E-state index is 13.1. The van der Waals surface area contributed by atoms with E-state index in [1.807, 2.05) is 13.1 Å². The van der Waals surface area contributed by atoms with Crippen LogP contribution in [0.5, 0.6) is 0 Å². The SMILES string of the molecule is CNC(CSc1cccc(F)c1)Cc1cccc(C)c1. The molecule has 0 radical (unpaired) electrons. The Balaban J connectivity index is 1.92. The fourth-order valence-corrected chi connectivity index (χ4v) is 3.17. The molecule has 0 aliphatic rings. The van der Waals surface area contributed by atoms with E-state index in [0.29, 0.717) is 6.04 Å². The molecular formula is C17H20FNS. The maximum Gasteiger partial charge on any atom is 0.124 e. The smallest absolute Gasteiger partial charge is 0.124 e. The second-order valence-corrected chi connectivity index (χ2v) is 6.04. The first kappa shape index (κ1) is 15.1. The van der Waals surface area contributed by atoms with E-state index in [9.17, 15) is 4.39 Å². The summed E-state index contributed by atoms with van der Waals surface area (Å²) in [6, 6.07) is 15.7. The monoisotopic (exact) mass is 289 g/mol. The van der Waals surface area contributed by atoms with Gasteiger partial charge in [-0.3, -0.25) is 0 Å². The van der Waals surface area contributed by atoms with Crippen molar-refractivity contribution in [2.24, 2.45) is 0 Å². The molecule has 1 nitrogen and oxygen atoms in total. The first-order valence-electron chi connectivity index (χ1n) is 6.78. The molecule has 20 heavy (non-hydrogen) atoms. The molecule has 1 atom stereocenters. The molecule has 2 rings (SSSR count). The lowest BCUT2D eigenvalue weighted by atomic mass is 10.1. The Bertz CT molecular complexity index is 556. The van der Waals surface area contributed by atoms with Crippen LogP contribution in [0.3, 0.4) is 0 Å². The van der Waals surface area contributed by atoms with Crippen LogP contribution in [-0.4, -0.2) is 18.8 Å². The van der Waals surface area contributed by atoms with Crippen LogP contribution >= 0.6 is 11.8 Å². The summed E-state index contributed by atoms with van der Waals surface area (Å²) in [7, 11) is 1.98. The van der Waals surface area contributed by atoms with Gasteiger partial charge in [0.05, 0.1) is 0 Å². The second-order valence-electron chi connectivity index (χ2n) is 4.95. The molecule has 2 aromatic rings.